The lowest BCUT2D eigenvalue weighted by atomic mass is 9.86. The van der Waals surface area contributed by atoms with Gasteiger partial charge in [0.05, 0.1) is 0 Å². The predicted molar refractivity (Wildman–Crippen MR) is 66.1 cm³/mol. The molecule has 0 aromatic heterocycles. The molecule has 1 unspecified atom stereocenters. The molecule has 1 atom stereocenters. The van der Waals surface area contributed by atoms with Crippen molar-refractivity contribution in [3.05, 3.63) is 35.1 Å². The molecule has 0 saturated carbocycles. The summed E-state index contributed by atoms with van der Waals surface area (Å²) in [6.45, 7) is 4.18. The van der Waals surface area contributed by atoms with E-state index < -0.39 is 17.5 Å². The van der Waals surface area contributed by atoms with Gasteiger partial charge in [0, 0.05) is 31.3 Å². The third-order valence-electron chi connectivity index (χ3n) is 4.33. The average molecular weight is 270 g/mol. The van der Waals surface area contributed by atoms with Gasteiger partial charge in [-0.25, -0.2) is 13.2 Å². The first-order valence-electron chi connectivity index (χ1n) is 6.65. The number of benzene rings is 1. The van der Waals surface area contributed by atoms with Crippen LogP contribution >= 0.6 is 0 Å². The molecule has 2 nitrogen and oxygen atoms in total. The Kier molecular flexibility index (Phi) is 3.27. The van der Waals surface area contributed by atoms with Gasteiger partial charge in [-0.05, 0) is 37.4 Å². The molecule has 3 rings (SSSR count). The first kappa shape index (κ1) is 12.9. The van der Waals surface area contributed by atoms with Crippen LogP contribution in [-0.2, 0) is 6.54 Å². The summed E-state index contributed by atoms with van der Waals surface area (Å²) in [6.07, 6.45) is 2.23. The van der Waals surface area contributed by atoms with Gasteiger partial charge in [-0.15, -0.1) is 0 Å². The third kappa shape index (κ3) is 2.49. The summed E-state index contributed by atoms with van der Waals surface area (Å²) in [6, 6.07) is 1.61. The van der Waals surface area contributed by atoms with Gasteiger partial charge in [-0.1, -0.05) is 0 Å². The maximum atomic E-state index is 13.6. The molecular formula is C14H17F3N2. The Morgan fingerprint density at radius 2 is 1.89 bits per heavy atom. The van der Waals surface area contributed by atoms with Crippen molar-refractivity contribution in [2.45, 2.75) is 19.4 Å². The minimum Gasteiger partial charge on any atom is -0.316 e. The van der Waals surface area contributed by atoms with Gasteiger partial charge in [-0.3, -0.25) is 4.90 Å². The molecule has 2 aliphatic heterocycles. The Labute approximate surface area is 110 Å². The zero-order valence-electron chi connectivity index (χ0n) is 10.7. The second-order valence-corrected chi connectivity index (χ2v) is 5.75. The van der Waals surface area contributed by atoms with Crippen molar-refractivity contribution in [3.63, 3.8) is 0 Å². The van der Waals surface area contributed by atoms with E-state index in [1.165, 1.54) is 0 Å². The lowest BCUT2D eigenvalue weighted by molar-refractivity contribution is 0.265. The van der Waals surface area contributed by atoms with E-state index >= 15 is 0 Å². The SMILES string of the molecule is Fc1cc(F)c(CN2CCC3(CCNC3)C2)cc1F. The first-order valence-corrected chi connectivity index (χ1v) is 6.65. The zero-order valence-corrected chi connectivity index (χ0v) is 10.7. The summed E-state index contributed by atoms with van der Waals surface area (Å²) < 4.78 is 39.6. The highest BCUT2D eigenvalue weighted by molar-refractivity contribution is 5.20. The molecule has 0 amide bonds. The molecule has 2 aliphatic rings. The fourth-order valence-corrected chi connectivity index (χ4v) is 3.23. The van der Waals surface area contributed by atoms with E-state index in [2.05, 4.69) is 10.2 Å². The molecule has 1 aromatic rings. The molecule has 0 radical (unpaired) electrons. The highest BCUT2D eigenvalue weighted by Gasteiger charge is 2.40. The Morgan fingerprint density at radius 3 is 2.63 bits per heavy atom. The van der Waals surface area contributed by atoms with E-state index in [4.69, 9.17) is 0 Å². The van der Waals surface area contributed by atoms with Gasteiger partial charge in [0.25, 0.3) is 0 Å². The molecule has 1 spiro atoms. The molecular weight excluding hydrogens is 253 g/mol. The summed E-state index contributed by atoms with van der Waals surface area (Å²) in [5, 5.41) is 3.36. The van der Waals surface area contributed by atoms with Crippen LogP contribution in [0.15, 0.2) is 12.1 Å². The van der Waals surface area contributed by atoms with E-state index in [0.717, 1.165) is 45.1 Å². The summed E-state index contributed by atoms with van der Waals surface area (Å²) in [7, 11) is 0. The quantitative estimate of drug-likeness (QED) is 0.830. The van der Waals surface area contributed by atoms with Crippen LogP contribution in [0.25, 0.3) is 0 Å². The molecule has 19 heavy (non-hydrogen) atoms. The van der Waals surface area contributed by atoms with Crippen molar-refractivity contribution in [3.8, 4) is 0 Å². The minimum absolute atomic E-state index is 0.238. The van der Waals surface area contributed by atoms with Crippen LogP contribution in [0.4, 0.5) is 13.2 Å². The Morgan fingerprint density at radius 1 is 1.11 bits per heavy atom. The molecule has 2 heterocycles. The zero-order chi connectivity index (χ0) is 13.5. The fraction of sp³-hybridized carbons (Fsp3) is 0.571. The van der Waals surface area contributed by atoms with Crippen molar-refractivity contribution < 1.29 is 13.2 Å². The van der Waals surface area contributed by atoms with Crippen molar-refractivity contribution in [2.24, 2.45) is 5.41 Å². The first-order chi connectivity index (χ1) is 9.08. The van der Waals surface area contributed by atoms with Crippen LogP contribution in [0.5, 0.6) is 0 Å². The Balaban J connectivity index is 1.71. The Bertz CT molecular complexity index is 484. The topological polar surface area (TPSA) is 15.3 Å². The maximum Gasteiger partial charge on any atom is 0.161 e. The normalized spacial score (nSPS) is 27.5. The second kappa shape index (κ2) is 4.80. The molecule has 2 fully saturated rings. The van der Waals surface area contributed by atoms with E-state index in [1.807, 2.05) is 0 Å². The summed E-state index contributed by atoms with van der Waals surface area (Å²) in [5.41, 5.74) is 0.539. The lowest BCUT2D eigenvalue weighted by Crippen LogP contribution is -2.29. The summed E-state index contributed by atoms with van der Waals surface area (Å²) in [4.78, 5) is 2.13. The van der Waals surface area contributed by atoms with Crippen LogP contribution in [0, 0.1) is 22.9 Å². The van der Waals surface area contributed by atoms with E-state index in [-0.39, 0.29) is 5.56 Å². The molecule has 0 bridgehead atoms. The third-order valence-corrected chi connectivity index (χ3v) is 4.33. The second-order valence-electron chi connectivity index (χ2n) is 5.75. The van der Waals surface area contributed by atoms with E-state index in [1.54, 1.807) is 0 Å². The smallest absolute Gasteiger partial charge is 0.161 e. The molecule has 1 aromatic carbocycles. The van der Waals surface area contributed by atoms with Gasteiger partial charge in [0.1, 0.15) is 5.82 Å². The van der Waals surface area contributed by atoms with Crippen molar-refractivity contribution >= 4 is 0 Å². The van der Waals surface area contributed by atoms with Crippen molar-refractivity contribution in [1.82, 2.24) is 10.2 Å². The van der Waals surface area contributed by atoms with Gasteiger partial charge < -0.3 is 5.32 Å². The van der Waals surface area contributed by atoms with Gasteiger partial charge in [-0.2, -0.15) is 0 Å². The number of hydrogen-bond acceptors (Lipinski definition) is 2. The number of halogens is 3. The molecule has 2 saturated heterocycles. The van der Waals surface area contributed by atoms with E-state index in [0.29, 0.717) is 18.0 Å². The highest BCUT2D eigenvalue weighted by atomic mass is 19.2. The average Bonchev–Trinajstić information content (AvgIpc) is 2.98. The molecule has 0 aliphatic carbocycles. The van der Waals surface area contributed by atoms with Crippen LogP contribution < -0.4 is 5.32 Å². The summed E-state index contributed by atoms with van der Waals surface area (Å²) in [5.74, 6) is -2.77. The number of nitrogens with one attached hydrogen (secondary N) is 1. The lowest BCUT2D eigenvalue weighted by Gasteiger charge is -2.23. The van der Waals surface area contributed by atoms with Crippen LogP contribution in [0.3, 0.4) is 0 Å². The molecule has 5 heteroatoms. The van der Waals surface area contributed by atoms with Crippen LogP contribution in [0.1, 0.15) is 18.4 Å². The van der Waals surface area contributed by atoms with E-state index in [9.17, 15) is 13.2 Å². The van der Waals surface area contributed by atoms with Crippen LogP contribution in [-0.4, -0.2) is 31.1 Å². The number of hydrogen-bond donors (Lipinski definition) is 1. The number of likely N-dealkylation sites (tertiary alicyclic amines) is 1. The monoisotopic (exact) mass is 270 g/mol. The molecule has 104 valence electrons. The number of rotatable bonds is 2. The molecule has 1 N–H and O–H groups in total. The van der Waals surface area contributed by atoms with Gasteiger partial charge >= 0.3 is 0 Å². The summed E-state index contributed by atoms with van der Waals surface area (Å²) >= 11 is 0. The standard InChI is InChI=1S/C14H17F3N2/c15-11-6-13(17)12(16)5-10(11)7-19-4-2-14(9-19)1-3-18-8-14/h5-6,18H,1-4,7-9H2. The van der Waals surface area contributed by atoms with Crippen molar-refractivity contribution in [1.29, 1.82) is 0 Å². The highest BCUT2D eigenvalue weighted by Crippen LogP contribution is 2.36. The maximum absolute atomic E-state index is 13.6. The van der Waals surface area contributed by atoms with Gasteiger partial charge in [0.15, 0.2) is 11.6 Å². The number of nitrogens with zero attached hydrogens (tertiary/aromatic N) is 1. The minimum atomic E-state index is -1.13. The van der Waals surface area contributed by atoms with Gasteiger partial charge in [0.2, 0.25) is 0 Å². The Hall–Kier alpha value is -1.07. The van der Waals surface area contributed by atoms with Crippen molar-refractivity contribution in [2.75, 3.05) is 26.2 Å². The fourth-order valence-electron chi connectivity index (χ4n) is 3.23. The van der Waals surface area contributed by atoms with Crippen LogP contribution in [0.2, 0.25) is 0 Å². The predicted octanol–water partition coefficient (Wildman–Crippen LogP) is 2.29. The largest absolute Gasteiger partial charge is 0.316 e.